The molecule has 3 aromatic heterocycles. The molecule has 1 aromatic carbocycles. The summed E-state index contributed by atoms with van der Waals surface area (Å²) in [4.78, 5) is 66.5. The third-order valence-corrected chi connectivity index (χ3v) is 12.0. The Labute approximate surface area is 354 Å². The smallest absolute Gasteiger partial charge is 0.435 e. The molecule has 3 aliphatic heterocycles. The van der Waals surface area contributed by atoms with Crippen molar-refractivity contribution in [3.05, 3.63) is 76.1 Å². The van der Waals surface area contributed by atoms with Crippen LogP contribution in [-0.2, 0) is 22.2 Å². The van der Waals surface area contributed by atoms with Gasteiger partial charge >= 0.3 is 12.1 Å². The Morgan fingerprint density at radius 1 is 0.984 bits per heavy atom. The summed E-state index contributed by atoms with van der Waals surface area (Å²) < 4.78 is 42.6. The zero-order chi connectivity index (χ0) is 43.3. The predicted octanol–water partition coefficient (Wildman–Crippen LogP) is 3.29. The minimum Gasteiger partial charge on any atom is -0.477 e. The molecule has 3 amide bonds. The number of carboxylic acid groups (broad SMARTS) is 1. The summed E-state index contributed by atoms with van der Waals surface area (Å²) in [7, 11) is 0. The summed E-state index contributed by atoms with van der Waals surface area (Å²) in [5, 5.41) is 24.7. The van der Waals surface area contributed by atoms with Crippen LogP contribution in [-0.4, -0.2) is 147 Å². The number of aromatic nitrogens is 5. The van der Waals surface area contributed by atoms with Crippen molar-refractivity contribution in [2.45, 2.75) is 31.9 Å². The van der Waals surface area contributed by atoms with Crippen molar-refractivity contribution in [2.75, 3.05) is 89.2 Å². The number of rotatable bonds is 15. The van der Waals surface area contributed by atoms with E-state index >= 15 is 0 Å². The van der Waals surface area contributed by atoms with E-state index in [1.165, 1.54) is 30.6 Å². The predicted molar refractivity (Wildman–Crippen MR) is 219 cm³/mol. The van der Waals surface area contributed by atoms with Crippen molar-refractivity contribution < 1.29 is 41.9 Å². The number of anilines is 2. The molecule has 0 atom stereocenters. The lowest BCUT2D eigenvalue weighted by molar-refractivity contribution is -0.929. The van der Waals surface area contributed by atoms with Gasteiger partial charge in [0, 0.05) is 100 Å². The maximum Gasteiger partial charge on any atom is 0.435 e. The zero-order valence-corrected chi connectivity index (χ0v) is 34.1. The number of quaternary nitrogens is 1. The maximum absolute atomic E-state index is 14.0. The number of aliphatic carboxylic acids is 1. The number of piperidine rings is 1. The normalized spacial score (nSPS) is 19.7. The van der Waals surface area contributed by atoms with E-state index in [2.05, 4.69) is 41.1 Å². The number of benzene rings is 1. The molecule has 3 fully saturated rings. The molecule has 6 heterocycles. The fraction of sp³-hybridized carbons (Fsp3) is 0.475. The van der Waals surface area contributed by atoms with Crippen LogP contribution >= 0.6 is 11.6 Å². The number of H-pyrrole nitrogens is 2. The topological polar surface area (TPSA) is 227 Å². The molecule has 4 aromatic rings. The van der Waals surface area contributed by atoms with Crippen molar-refractivity contribution in [2.24, 2.45) is 17.6 Å². The number of carbonyl (C=O) groups is 4. The minimum absolute atomic E-state index is 0.0376. The number of amides is 3. The molecular formula is C40H49ClF3N12O5+. The first-order valence-corrected chi connectivity index (χ1v) is 20.6. The van der Waals surface area contributed by atoms with Gasteiger partial charge in [-0.2, -0.15) is 18.3 Å². The average molecular weight is 870 g/mol. The van der Waals surface area contributed by atoms with Gasteiger partial charge < -0.3 is 46.1 Å². The molecule has 0 aliphatic carbocycles. The van der Waals surface area contributed by atoms with Crippen LogP contribution in [0.2, 0.25) is 5.02 Å². The number of halogens is 4. The number of hydrogen-bond donors (Lipinski definition) is 7. The first kappa shape index (κ1) is 43.5. The number of piperazine rings is 1. The Hall–Kier alpha value is -5.57. The van der Waals surface area contributed by atoms with E-state index < -0.39 is 23.7 Å². The van der Waals surface area contributed by atoms with Gasteiger partial charge in [0.05, 0.1) is 53.5 Å². The summed E-state index contributed by atoms with van der Waals surface area (Å²) in [5.41, 5.74) is 5.90. The van der Waals surface area contributed by atoms with Gasteiger partial charge in [0.1, 0.15) is 0 Å². The molecule has 61 heavy (non-hydrogen) atoms. The highest BCUT2D eigenvalue weighted by atomic mass is 35.5. The Morgan fingerprint density at radius 3 is 2.33 bits per heavy atom. The van der Waals surface area contributed by atoms with E-state index in [-0.39, 0.29) is 75.4 Å². The molecule has 3 aliphatic rings. The number of hydrogen-bond acceptors (Lipinski definition) is 10. The molecule has 17 nitrogen and oxygen atoms in total. The summed E-state index contributed by atoms with van der Waals surface area (Å²) in [6.07, 6.45) is -0.298. The first-order valence-electron chi connectivity index (χ1n) is 20.3. The molecule has 0 spiro atoms. The molecule has 3 saturated heterocycles. The van der Waals surface area contributed by atoms with Gasteiger partial charge in [0.15, 0.2) is 18.1 Å². The molecule has 0 saturated carbocycles. The SMILES string of the molecule is NCCCNc1ccc(-c2[nH]nc(C(F)(F)F)c2Cc2cnc(C(=O)Nc3ccc(C(=O)N4CCN(C(=O)C5CC[N+](CC(=O)O)(CC6CNC6)CC5)CC4)c(Cl)c3)[nH]2)nc1. The van der Waals surface area contributed by atoms with E-state index in [1.807, 2.05) is 0 Å². The molecule has 326 valence electrons. The van der Waals surface area contributed by atoms with E-state index in [0.717, 1.165) is 26.1 Å². The third kappa shape index (κ3) is 10.3. The Balaban J connectivity index is 0.924. The highest BCUT2D eigenvalue weighted by molar-refractivity contribution is 6.34. The number of pyridine rings is 1. The molecule has 21 heteroatoms. The number of likely N-dealkylation sites (tertiary alicyclic amines) is 1. The van der Waals surface area contributed by atoms with Crippen LogP contribution in [0.25, 0.3) is 11.4 Å². The summed E-state index contributed by atoms with van der Waals surface area (Å²) in [6.45, 7) is 6.41. The second kappa shape index (κ2) is 18.6. The molecule has 0 bridgehead atoms. The number of nitrogens with one attached hydrogen (secondary N) is 5. The van der Waals surface area contributed by atoms with Gasteiger partial charge in [-0.3, -0.25) is 24.5 Å². The second-order valence-electron chi connectivity index (χ2n) is 15.9. The largest absolute Gasteiger partial charge is 0.477 e. The van der Waals surface area contributed by atoms with Crippen molar-refractivity contribution in [1.82, 2.24) is 40.3 Å². The lowest BCUT2D eigenvalue weighted by atomic mass is 9.90. The number of nitrogens with two attached hydrogens (primary N) is 1. The maximum atomic E-state index is 14.0. The van der Waals surface area contributed by atoms with Crippen molar-refractivity contribution in [3.8, 4) is 11.4 Å². The fourth-order valence-electron chi connectivity index (χ4n) is 8.31. The Bertz CT molecular complexity index is 2210. The average Bonchev–Trinajstić information content (AvgIpc) is 3.88. The van der Waals surface area contributed by atoms with Gasteiger partial charge in [0.2, 0.25) is 5.91 Å². The molecule has 0 unspecified atom stereocenters. The summed E-state index contributed by atoms with van der Waals surface area (Å²) in [6, 6.07) is 7.68. The van der Waals surface area contributed by atoms with Crippen LogP contribution in [0.5, 0.6) is 0 Å². The van der Waals surface area contributed by atoms with E-state index in [9.17, 15) is 37.5 Å². The van der Waals surface area contributed by atoms with Gasteiger partial charge in [-0.1, -0.05) is 11.6 Å². The minimum atomic E-state index is -4.77. The number of imidazole rings is 1. The molecule has 0 radical (unpaired) electrons. The van der Waals surface area contributed by atoms with Gasteiger partial charge in [-0.25, -0.2) is 9.78 Å². The number of carbonyl (C=O) groups excluding carboxylic acids is 3. The Kier molecular flexibility index (Phi) is 13.3. The molecular weight excluding hydrogens is 821 g/mol. The lowest BCUT2D eigenvalue weighted by Gasteiger charge is -2.46. The number of alkyl halides is 3. The number of carboxylic acids is 1. The van der Waals surface area contributed by atoms with E-state index in [4.69, 9.17) is 17.3 Å². The van der Waals surface area contributed by atoms with Crippen molar-refractivity contribution in [1.29, 1.82) is 0 Å². The van der Waals surface area contributed by atoms with Gasteiger partial charge in [0.25, 0.3) is 11.8 Å². The quantitative estimate of drug-likeness (QED) is 0.0678. The van der Waals surface area contributed by atoms with Crippen LogP contribution < -0.4 is 21.7 Å². The van der Waals surface area contributed by atoms with Crippen LogP contribution in [0.15, 0.2) is 42.7 Å². The number of aromatic amines is 2. The van der Waals surface area contributed by atoms with Crippen LogP contribution in [0.3, 0.4) is 0 Å². The van der Waals surface area contributed by atoms with Crippen LogP contribution in [0, 0.1) is 11.8 Å². The van der Waals surface area contributed by atoms with Crippen molar-refractivity contribution >= 4 is 46.7 Å². The fourth-order valence-corrected chi connectivity index (χ4v) is 8.58. The standard InChI is InChI=1S/C40H48ClF3N12O5/c41-31-17-26(2-4-29(31)39(61)55-12-10-54(11-13-55)38(60)25-6-14-56(15-7-25,23-33(57)58)22-24-18-46-19-24)51-37(59)36-49-21-28(50-36)16-30-34(52-53-35(30)40(42,43)44)32-5-3-27(20-48-32)47-9-1-8-45/h2-5,17,20-21,24-25,46H,1,6-16,18-19,22-23,45H2,(H4-,47,48,49,50,51,52,53,57,58,59,61)/p+1. The van der Waals surface area contributed by atoms with Crippen molar-refractivity contribution in [3.63, 3.8) is 0 Å². The van der Waals surface area contributed by atoms with E-state index in [1.54, 1.807) is 21.9 Å². The monoisotopic (exact) mass is 869 g/mol. The van der Waals surface area contributed by atoms with E-state index in [0.29, 0.717) is 81.3 Å². The summed E-state index contributed by atoms with van der Waals surface area (Å²) >= 11 is 6.55. The van der Waals surface area contributed by atoms with Gasteiger partial charge in [-0.15, -0.1) is 0 Å². The number of nitrogens with zero attached hydrogens (tertiary/aromatic N) is 6. The zero-order valence-electron chi connectivity index (χ0n) is 33.4. The lowest BCUT2D eigenvalue weighted by Crippen LogP contribution is -2.62. The second-order valence-corrected chi connectivity index (χ2v) is 16.4. The highest BCUT2D eigenvalue weighted by Gasteiger charge is 2.42. The van der Waals surface area contributed by atoms with Gasteiger partial charge in [-0.05, 0) is 43.3 Å². The van der Waals surface area contributed by atoms with Crippen LogP contribution in [0.4, 0.5) is 24.5 Å². The molecule has 8 N–H and O–H groups in total. The third-order valence-electron chi connectivity index (χ3n) is 11.6. The highest BCUT2D eigenvalue weighted by Crippen LogP contribution is 2.36. The Morgan fingerprint density at radius 2 is 1.70 bits per heavy atom. The van der Waals surface area contributed by atoms with Crippen LogP contribution in [0.1, 0.15) is 57.2 Å². The molecule has 7 rings (SSSR count). The first-order chi connectivity index (χ1) is 29.2. The summed E-state index contributed by atoms with van der Waals surface area (Å²) in [5.74, 6) is -1.69.